The van der Waals surface area contributed by atoms with E-state index in [2.05, 4.69) is 42.0 Å². The molecular weight excluding hydrogens is 234 g/mol. The molecule has 1 heterocycles. The first-order chi connectivity index (χ1) is 7.67. The highest BCUT2D eigenvalue weighted by atomic mass is 35.5. The van der Waals surface area contributed by atoms with E-state index in [0.717, 1.165) is 18.7 Å². The van der Waals surface area contributed by atoms with E-state index in [9.17, 15) is 0 Å². The number of halogens is 1. The van der Waals surface area contributed by atoms with Crippen LogP contribution in [0.5, 0.6) is 0 Å². The molecule has 0 aliphatic carbocycles. The Bertz CT molecular complexity index is 322. The summed E-state index contributed by atoms with van der Waals surface area (Å²) in [4.78, 5) is 4.45. The molecule has 1 nitrogen and oxygen atoms in total. The number of allylic oxidation sites excluding steroid dienone is 1. The fourth-order valence-electron chi connectivity index (χ4n) is 1.56. The van der Waals surface area contributed by atoms with E-state index >= 15 is 0 Å². The summed E-state index contributed by atoms with van der Waals surface area (Å²) >= 11 is 5.64. The zero-order valence-electron chi connectivity index (χ0n) is 10.1. The third-order valence-electron chi connectivity index (χ3n) is 2.61. The highest BCUT2D eigenvalue weighted by Gasteiger charge is 2.20. The molecule has 3 heteroatoms. The number of nitrogens with zero attached hydrogens (tertiary/aromatic N) is 1. The average molecular weight is 254 g/mol. The van der Waals surface area contributed by atoms with Crippen LogP contribution in [-0.4, -0.2) is 18.9 Å². The van der Waals surface area contributed by atoms with Crippen LogP contribution in [0.3, 0.4) is 0 Å². The predicted octanol–water partition coefficient (Wildman–Crippen LogP) is 3.50. The van der Waals surface area contributed by atoms with E-state index < -0.39 is 8.07 Å². The molecule has 0 aliphatic rings. The van der Waals surface area contributed by atoms with Crippen LogP contribution in [0.4, 0.5) is 0 Å². The van der Waals surface area contributed by atoms with Crippen molar-refractivity contribution in [1.82, 2.24) is 4.98 Å². The van der Waals surface area contributed by atoms with Crippen molar-refractivity contribution in [3.8, 4) is 0 Å². The van der Waals surface area contributed by atoms with E-state index in [0.29, 0.717) is 0 Å². The van der Waals surface area contributed by atoms with Gasteiger partial charge >= 0.3 is 0 Å². The molecule has 0 radical (unpaired) electrons. The summed E-state index contributed by atoms with van der Waals surface area (Å²) in [7, 11) is -1.46. The summed E-state index contributed by atoms with van der Waals surface area (Å²) in [6.07, 6.45) is 7.61. The molecule has 16 heavy (non-hydrogen) atoms. The van der Waals surface area contributed by atoms with Gasteiger partial charge in [-0.25, -0.2) is 0 Å². The minimum atomic E-state index is -1.46. The second-order valence-electron chi connectivity index (χ2n) is 4.52. The van der Waals surface area contributed by atoms with Gasteiger partial charge in [0.05, 0.1) is 0 Å². The first-order valence-electron chi connectivity index (χ1n) is 5.82. The van der Waals surface area contributed by atoms with Crippen molar-refractivity contribution >= 4 is 25.0 Å². The topological polar surface area (TPSA) is 12.9 Å². The largest absolute Gasteiger partial charge is 0.266 e. The summed E-state index contributed by atoms with van der Waals surface area (Å²) in [5.41, 5.74) is 2.38. The quantitative estimate of drug-likeness (QED) is 0.430. The van der Waals surface area contributed by atoms with Gasteiger partial charge in [0.15, 0.2) is 0 Å². The highest BCUT2D eigenvalue weighted by Crippen LogP contribution is 2.06. The fraction of sp³-hybridized carbons (Fsp3) is 0.462. The molecule has 0 unspecified atom stereocenters. The number of hydrogen-bond donors (Lipinski definition) is 0. The van der Waals surface area contributed by atoms with Crippen LogP contribution >= 0.6 is 11.6 Å². The summed E-state index contributed by atoms with van der Waals surface area (Å²) in [5.74, 6) is 0.773. The zero-order valence-corrected chi connectivity index (χ0v) is 11.9. The number of pyridine rings is 1. The van der Waals surface area contributed by atoms with Crippen molar-refractivity contribution in [3.63, 3.8) is 0 Å². The lowest BCUT2D eigenvalue weighted by atomic mass is 10.2. The first kappa shape index (κ1) is 13.5. The summed E-state index contributed by atoms with van der Waals surface area (Å²) in [6.45, 7) is 4.65. The Labute approximate surface area is 105 Å². The van der Waals surface area contributed by atoms with E-state index in [-0.39, 0.29) is 0 Å². The molecule has 1 aromatic rings. The molecule has 0 aromatic carbocycles. The molecule has 0 aliphatic heterocycles. The minimum Gasteiger partial charge on any atom is -0.266 e. The number of unbranched alkanes of at least 4 members (excludes halogenated alkanes) is 2. The lowest BCUT2D eigenvalue weighted by Gasteiger charge is -2.16. The lowest BCUT2D eigenvalue weighted by molar-refractivity contribution is 0.820. The Balaban J connectivity index is 2.51. The molecule has 0 atom stereocenters. The summed E-state index contributed by atoms with van der Waals surface area (Å²) in [6, 6.07) is 6.17. The number of rotatable bonds is 6. The number of hydrogen-bond acceptors (Lipinski definition) is 1. The molecule has 0 N–H and O–H groups in total. The van der Waals surface area contributed by atoms with Crippen molar-refractivity contribution in [1.29, 1.82) is 0 Å². The van der Waals surface area contributed by atoms with Crippen molar-refractivity contribution in [3.05, 3.63) is 36.2 Å². The van der Waals surface area contributed by atoms with Gasteiger partial charge in [-0.2, -0.15) is 0 Å². The third-order valence-corrected chi connectivity index (χ3v) is 5.57. The van der Waals surface area contributed by atoms with Gasteiger partial charge in [-0.3, -0.25) is 4.98 Å². The van der Waals surface area contributed by atoms with E-state index in [1.807, 2.05) is 12.3 Å². The Kier molecular flexibility index (Phi) is 5.78. The Morgan fingerprint density at radius 1 is 1.31 bits per heavy atom. The third kappa shape index (κ3) is 4.50. The van der Waals surface area contributed by atoms with Gasteiger partial charge in [-0.1, -0.05) is 30.9 Å². The number of aromatic nitrogens is 1. The zero-order chi connectivity index (χ0) is 11.9. The molecule has 0 spiro atoms. The second-order valence-corrected chi connectivity index (χ2v) is 9.19. The maximum absolute atomic E-state index is 5.64. The van der Waals surface area contributed by atoms with Gasteiger partial charge in [0.25, 0.3) is 0 Å². The Morgan fingerprint density at radius 2 is 2.12 bits per heavy atom. The van der Waals surface area contributed by atoms with Crippen LogP contribution in [0.2, 0.25) is 13.1 Å². The molecule has 0 amide bonds. The second kappa shape index (κ2) is 6.87. The van der Waals surface area contributed by atoms with Gasteiger partial charge in [0, 0.05) is 17.4 Å². The molecule has 1 rings (SSSR count). The molecule has 0 saturated carbocycles. The molecule has 0 bridgehead atoms. The van der Waals surface area contributed by atoms with Crippen molar-refractivity contribution in [2.75, 3.05) is 5.88 Å². The standard InChI is InChI=1S/C13H20ClNSi/c1-16(2,12-8-4-3-6-10-14)13-9-5-7-11-15-13/h5,7-9,11-12H,3-4,6,10H2,1-2H3/b12-8+. The highest BCUT2D eigenvalue weighted by molar-refractivity contribution is 6.93. The van der Waals surface area contributed by atoms with Crippen molar-refractivity contribution < 1.29 is 0 Å². The Hall–Kier alpha value is -0.603. The fourth-order valence-corrected chi connectivity index (χ4v) is 3.61. The Morgan fingerprint density at radius 3 is 2.75 bits per heavy atom. The smallest absolute Gasteiger partial charge is 0.127 e. The van der Waals surface area contributed by atoms with Crippen molar-refractivity contribution in [2.24, 2.45) is 0 Å². The minimum absolute atomic E-state index is 0.773. The SMILES string of the molecule is C[Si](C)(/C=C/CCCCCl)c1ccccn1. The van der Waals surface area contributed by atoms with Gasteiger partial charge in [-0.05, 0) is 31.4 Å². The molecule has 0 saturated heterocycles. The molecule has 0 fully saturated rings. The van der Waals surface area contributed by atoms with Crippen LogP contribution in [0.15, 0.2) is 36.2 Å². The maximum atomic E-state index is 5.64. The normalized spacial score (nSPS) is 12.2. The lowest BCUT2D eigenvalue weighted by Crippen LogP contribution is -2.41. The van der Waals surface area contributed by atoms with E-state index in [1.54, 1.807) is 0 Å². The average Bonchev–Trinajstić information content (AvgIpc) is 2.30. The van der Waals surface area contributed by atoms with Crippen LogP contribution in [0, 0.1) is 0 Å². The molecule has 1 aromatic heterocycles. The predicted molar refractivity (Wildman–Crippen MR) is 75.1 cm³/mol. The summed E-state index contributed by atoms with van der Waals surface area (Å²) in [5, 5.41) is 1.25. The van der Waals surface area contributed by atoms with Crippen molar-refractivity contribution in [2.45, 2.75) is 32.4 Å². The van der Waals surface area contributed by atoms with Crippen LogP contribution in [0.1, 0.15) is 19.3 Å². The van der Waals surface area contributed by atoms with Crippen LogP contribution in [-0.2, 0) is 0 Å². The van der Waals surface area contributed by atoms with E-state index in [1.165, 1.54) is 11.7 Å². The van der Waals surface area contributed by atoms with Gasteiger partial charge in [-0.15, -0.1) is 11.6 Å². The summed E-state index contributed by atoms with van der Waals surface area (Å²) < 4.78 is 0. The van der Waals surface area contributed by atoms with Gasteiger partial charge in [0.2, 0.25) is 0 Å². The maximum Gasteiger partial charge on any atom is 0.127 e. The van der Waals surface area contributed by atoms with Crippen LogP contribution < -0.4 is 5.32 Å². The molecule has 88 valence electrons. The van der Waals surface area contributed by atoms with E-state index in [4.69, 9.17) is 11.6 Å². The monoisotopic (exact) mass is 253 g/mol. The molecular formula is C13H20ClNSi. The number of alkyl halides is 1. The first-order valence-corrected chi connectivity index (χ1v) is 9.43. The van der Waals surface area contributed by atoms with Gasteiger partial charge < -0.3 is 0 Å². The van der Waals surface area contributed by atoms with Gasteiger partial charge in [0.1, 0.15) is 8.07 Å². The van der Waals surface area contributed by atoms with Crippen LogP contribution in [0.25, 0.3) is 0 Å².